The van der Waals surface area contributed by atoms with E-state index in [2.05, 4.69) is 771 Å². The molecule has 0 aliphatic rings. The molecule has 0 aromatic heterocycles. The number of rotatable bonds is 0. The van der Waals surface area contributed by atoms with Gasteiger partial charge in [0, 0.05) is 651 Å². The molecule has 0 nitrogen and oxygen atoms in total. The molecule has 0 rings (SSSR count). The quantitative estimate of drug-likeness (QED) is 0.248. The molecule has 0 atom stereocenters. The number of hydrogen-bond donors (Lipinski definition) is 0. The van der Waals surface area contributed by atoms with Gasteiger partial charge in [0.15, 0.2) is 0 Å². The predicted molar refractivity (Wildman–Crippen MR) is 512 cm³/mol. The lowest BCUT2D eigenvalue weighted by molar-refractivity contribution is 2.31. The Balaban J connectivity index is 4.65. The Labute approximate surface area is 771 Å². The SMILES string of the molecule is C#CC#CC#CC#CC#CC#CC#CC#CC#CC#CC#CC#CC#CC#CC#CC#CC#CC#CC#CC#CC#CC#CC#CC#CC#CC#CC#CC#CC#CC#CC#CC#CC#CC#CC#CC#CC#CC#CC#CC#CC#CC#CC#CC#CC#CC#CC#CC#CC#CC#CC#CC#CC#CC#CC#CC#CC#CC#CC#CC#CC#CC#CC#CC#CC#C[CH2-]. The van der Waals surface area contributed by atoms with Crippen molar-refractivity contribution in [2.24, 2.45) is 0 Å². The molecule has 0 aromatic carbocycles. The number of terminal acetylenes is 1. The normalized spacial score (nSPS) is 3.96. The lowest BCUT2D eigenvalue weighted by atomic mass is 10.4. The van der Waals surface area contributed by atoms with Crippen molar-refractivity contribution >= 4 is 0 Å². The summed E-state index contributed by atoms with van der Waals surface area (Å²) in [5.74, 6) is 321. The Kier molecular flexibility index (Phi) is 79.1. The Morgan fingerprint density at radius 1 is 0.0611 bits per heavy atom. The summed E-state index contributed by atoms with van der Waals surface area (Å²) in [6.45, 7) is 3.32. The summed E-state index contributed by atoms with van der Waals surface area (Å²) in [4.78, 5) is 0. The van der Waals surface area contributed by atoms with Crippen LogP contribution < -0.4 is 0 Å². The van der Waals surface area contributed by atoms with Gasteiger partial charge in [-0.1, -0.05) is 0 Å². The average molecular weight is 1580 g/mol. The summed E-state index contributed by atoms with van der Waals surface area (Å²) in [7, 11) is 0. The molecule has 0 saturated carbocycles. The van der Waals surface area contributed by atoms with Crippen LogP contribution in [0.4, 0.5) is 0 Å². The highest BCUT2D eigenvalue weighted by Gasteiger charge is 1.70. The monoisotopic (exact) mass is 1580 g/mol. The smallest absolute Gasteiger partial charge is 0 e. The first-order valence-electron chi connectivity index (χ1n) is 32.6. The first-order valence-corrected chi connectivity index (χ1v) is 32.6. The highest BCUT2D eigenvalue weighted by Crippen LogP contribution is 1.70. The topological polar surface area (TPSA) is 0 Å². The summed E-state index contributed by atoms with van der Waals surface area (Å²) < 4.78 is 0. The van der Waals surface area contributed by atoms with E-state index in [1.54, 1.807) is 0 Å². The second-order valence-corrected chi connectivity index (χ2v) is 16.2. The lowest BCUT2D eigenvalue weighted by Gasteiger charge is -1.64. The number of hydrogen-bond acceptors (Lipinski definition) is 0. The van der Waals surface area contributed by atoms with Crippen LogP contribution in [0, 0.1) is 777 Å². The van der Waals surface area contributed by atoms with Crippen LogP contribution >= 0.6 is 0 Å². The molecule has 131 heavy (non-hydrogen) atoms. The van der Waals surface area contributed by atoms with E-state index in [9.17, 15) is 0 Å². The molecule has 0 radical (unpaired) electrons. The van der Waals surface area contributed by atoms with E-state index in [-0.39, 0.29) is 0 Å². The van der Waals surface area contributed by atoms with Crippen LogP contribution in [0.15, 0.2) is 0 Å². The molecule has 0 heteroatoms. The van der Waals surface area contributed by atoms with Crippen molar-refractivity contribution in [1.29, 1.82) is 0 Å². The standard InChI is InChI=1S/C131H3/c1-3-5-7-9-11-13-15-17-19-21-23-25-27-29-31-33-35-37-39-41-43-45-47-49-51-53-55-57-59-61-63-65-67-69-71-73-75-77-79-81-83-85-87-89-91-93-95-97-99-101-103-105-107-109-111-113-115-117-119-121-123-125-127-129-131-130-128-126-124-122-120-118-116-114-112-110-108-106-104-102-100-98-96-94-92-90-88-86-84-82-80-78-76-74-72-70-68-66-64-62-60-58-56-54-52-50-48-46-44-42-40-38-36-34-32-30-28-26-24-22-20-18-16-14-12-10-8-6-4-2/h1H,2H2/q-1. The van der Waals surface area contributed by atoms with E-state index >= 15 is 0 Å². The van der Waals surface area contributed by atoms with Gasteiger partial charge in [0.25, 0.3) is 0 Å². The van der Waals surface area contributed by atoms with E-state index in [4.69, 9.17) is 6.42 Å². The highest BCUT2D eigenvalue weighted by atomic mass is 13.7. The third kappa shape index (κ3) is 101. The van der Waals surface area contributed by atoms with E-state index in [0.717, 1.165) is 0 Å². The molecule has 0 spiro atoms. The first-order chi connectivity index (χ1) is 65.4. The molecule has 0 unspecified atom stereocenters. The maximum Gasteiger partial charge on any atom is 0 e. The molecular weight excluding hydrogens is 1570 g/mol. The van der Waals surface area contributed by atoms with Crippen LogP contribution in [0.1, 0.15) is 0 Å². The van der Waals surface area contributed by atoms with Gasteiger partial charge in [0.2, 0.25) is 0 Å². The van der Waals surface area contributed by atoms with Crippen molar-refractivity contribution in [2.45, 2.75) is 0 Å². The molecule has 0 saturated heterocycles. The molecule has 0 bridgehead atoms. The fourth-order valence-corrected chi connectivity index (χ4v) is 3.99. The van der Waals surface area contributed by atoms with Crippen LogP contribution in [0.5, 0.6) is 0 Å². The van der Waals surface area contributed by atoms with E-state index < -0.39 is 0 Å². The van der Waals surface area contributed by atoms with Crippen LogP contribution in [-0.4, -0.2) is 0 Å². The zero-order valence-corrected chi connectivity index (χ0v) is 65.8. The van der Waals surface area contributed by atoms with Gasteiger partial charge in [0.05, 0.1) is 0 Å². The zero-order valence-electron chi connectivity index (χ0n) is 65.8. The van der Waals surface area contributed by atoms with Crippen LogP contribution in [-0.2, 0) is 0 Å². The van der Waals surface area contributed by atoms with Crippen molar-refractivity contribution in [1.82, 2.24) is 0 Å². The highest BCUT2D eigenvalue weighted by molar-refractivity contribution is 5.59. The molecule has 0 N–H and O–H groups in total. The summed E-state index contributed by atoms with van der Waals surface area (Å²) in [5, 5.41) is 0. The second kappa shape index (κ2) is 101. The summed E-state index contributed by atoms with van der Waals surface area (Å²) in [6.07, 6.45) is 4.96. The maximum absolute atomic E-state index is 4.96. The average Bonchev–Trinajstić information content (AvgIpc) is 1.22. The molecule has 528 valence electrons. The summed E-state index contributed by atoms with van der Waals surface area (Å²) in [6, 6.07) is 0. The van der Waals surface area contributed by atoms with E-state index in [0.29, 0.717) is 0 Å². The molecule has 0 amide bonds. The fourth-order valence-electron chi connectivity index (χ4n) is 3.99. The zero-order chi connectivity index (χ0) is 93.2. The summed E-state index contributed by atoms with van der Waals surface area (Å²) >= 11 is 0. The van der Waals surface area contributed by atoms with Crippen LogP contribution in [0.25, 0.3) is 0 Å². The molecule has 0 heterocycles. The van der Waals surface area contributed by atoms with Gasteiger partial charge in [-0.2, -0.15) is 6.92 Å². The van der Waals surface area contributed by atoms with Gasteiger partial charge in [-0.3, -0.25) is 5.92 Å². The third-order valence-electron chi connectivity index (χ3n) is 8.04. The lowest BCUT2D eigenvalue weighted by Crippen LogP contribution is -1.57. The Bertz CT molecular complexity index is 9120. The van der Waals surface area contributed by atoms with Gasteiger partial charge in [-0.15, -0.1) is 12.3 Å². The Morgan fingerprint density at radius 3 is 0.137 bits per heavy atom. The largest absolute Gasteiger partial charge is 0.284 e. The first kappa shape index (κ1) is 102. The van der Waals surface area contributed by atoms with Crippen LogP contribution in [0.2, 0.25) is 0 Å². The van der Waals surface area contributed by atoms with Crippen molar-refractivity contribution in [3.63, 3.8) is 0 Å². The van der Waals surface area contributed by atoms with Crippen molar-refractivity contribution in [3.8, 4) is 770 Å². The van der Waals surface area contributed by atoms with Crippen molar-refractivity contribution in [3.05, 3.63) is 6.92 Å². The van der Waals surface area contributed by atoms with E-state index in [1.165, 1.54) is 0 Å². The van der Waals surface area contributed by atoms with Gasteiger partial charge in [-0.25, -0.2) is 5.92 Å². The molecular formula is C131H3-. The molecule has 0 aromatic rings. The van der Waals surface area contributed by atoms with Crippen LogP contribution in [0.3, 0.4) is 0 Å². The van der Waals surface area contributed by atoms with Crippen molar-refractivity contribution < 1.29 is 0 Å². The minimum Gasteiger partial charge on any atom is -0.284 e. The minimum atomic E-state index is 2.12. The fraction of sp³-hybridized carbons (Fsp3) is 0. The minimum absolute atomic E-state index is 2.12. The van der Waals surface area contributed by atoms with Gasteiger partial charge < -0.3 is 0 Å². The Hall–Kier alpha value is -28.7. The second-order valence-electron chi connectivity index (χ2n) is 16.2. The Morgan fingerprint density at radius 2 is 0.0992 bits per heavy atom. The predicted octanol–water partition coefficient (Wildman–Crippen LogP) is 0.671. The summed E-state index contributed by atoms with van der Waals surface area (Å²) in [5.41, 5.74) is 0. The van der Waals surface area contributed by atoms with Gasteiger partial charge in [-0.05, 0) is 94.7 Å². The van der Waals surface area contributed by atoms with Crippen molar-refractivity contribution in [2.75, 3.05) is 0 Å². The molecule has 0 fully saturated rings. The van der Waals surface area contributed by atoms with E-state index in [1.807, 2.05) is 0 Å². The third-order valence-corrected chi connectivity index (χ3v) is 8.04. The maximum atomic E-state index is 4.96. The van der Waals surface area contributed by atoms with Gasteiger partial charge >= 0.3 is 0 Å². The molecule has 0 aliphatic carbocycles. The van der Waals surface area contributed by atoms with Gasteiger partial charge in [0.1, 0.15) is 0 Å². The molecule has 0 aliphatic heterocycles.